The summed E-state index contributed by atoms with van der Waals surface area (Å²) in [5, 5.41) is 10.5. The average molecular weight is 469 g/mol. The maximum absolute atomic E-state index is 14.3. The highest BCUT2D eigenvalue weighted by Crippen LogP contribution is 2.75. The second kappa shape index (κ2) is 7.00. The molecule has 0 spiro atoms. The van der Waals surface area contributed by atoms with E-state index >= 15 is 0 Å². The van der Waals surface area contributed by atoms with Gasteiger partial charge in [-0.25, -0.2) is 0 Å². The summed E-state index contributed by atoms with van der Waals surface area (Å²) in [6.07, 6.45) is 10.9. The minimum absolute atomic E-state index is 0.0115. The molecule has 0 radical (unpaired) electrons. The first-order chi connectivity index (χ1) is 15.6. The van der Waals surface area contributed by atoms with E-state index in [1.165, 1.54) is 18.4 Å². The number of rotatable bonds is 1. The van der Waals surface area contributed by atoms with Crippen molar-refractivity contribution in [3.8, 4) is 0 Å². The van der Waals surface area contributed by atoms with E-state index in [9.17, 15) is 14.7 Å². The summed E-state index contributed by atoms with van der Waals surface area (Å²) >= 11 is 0. The molecule has 4 saturated carbocycles. The number of allylic oxidation sites excluding steroid dienone is 2. The number of aliphatic carboxylic acids is 1. The van der Waals surface area contributed by atoms with E-state index in [1.807, 2.05) is 6.08 Å². The van der Waals surface area contributed by atoms with E-state index in [2.05, 4.69) is 55.4 Å². The topological polar surface area (TPSA) is 54.4 Å². The number of carboxylic acid groups (broad SMARTS) is 1. The lowest BCUT2D eigenvalue weighted by Crippen LogP contribution is -2.66. The standard InChI is InChI=1S/C31H48O3/c1-19-9-11-28(6)23(27(19,4)5)10-12-30(8)24(28)22(32)17-20-21-18-26(2,3)13-15-31(21,25(33)34)16-14-29(20,30)7/h17,19,21,23-24H,9-16,18H2,1-8H3,(H,33,34)/t19-,21-,23-,24+,28-,29+,30+,31-/m0/s1. The van der Waals surface area contributed by atoms with Crippen LogP contribution in [0.25, 0.3) is 0 Å². The molecule has 8 atom stereocenters. The molecule has 190 valence electrons. The van der Waals surface area contributed by atoms with Crippen LogP contribution in [0.1, 0.15) is 113 Å². The minimum Gasteiger partial charge on any atom is -0.481 e. The van der Waals surface area contributed by atoms with Crippen LogP contribution in [0, 0.1) is 56.2 Å². The molecule has 0 unspecified atom stereocenters. The van der Waals surface area contributed by atoms with Gasteiger partial charge in [-0.1, -0.05) is 61.0 Å². The number of hydrogen-bond donors (Lipinski definition) is 1. The van der Waals surface area contributed by atoms with Crippen LogP contribution in [0.15, 0.2) is 11.6 Å². The minimum atomic E-state index is -0.687. The Kier molecular flexibility index (Phi) is 5.06. The number of fused-ring (bicyclic) bond motifs is 7. The van der Waals surface area contributed by atoms with Crippen molar-refractivity contribution in [3.05, 3.63) is 11.6 Å². The molecule has 0 aliphatic heterocycles. The molecule has 0 amide bonds. The van der Waals surface area contributed by atoms with Crippen molar-refractivity contribution < 1.29 is 14.7 Å². The Balaban J connectivity index is 1.65. The molecule has 5 aliphatic carbocycles. The zero-order valence-corrected chi connectivity index (χ0v) is 23.0. The first-order valence-electron chi connectivity index (χ1n) is 14.0. The van der Waals surface area contributed by atoms with Gasteiger partial charge >= 0.3 is 5.97 Å². The fourth-order valence-corrected chi connectivity index (χ4v) is 10.6. The Morgan fingerprint density at radius 2 is 1.56 bits per heavy atom. The van der Waals surface area contributed by atoms with Crippen molar-refractivity contribution in [2.75, 3.05) is 0 Å². The van der Waals surface area contributed by atoms with Crippen molar-refractivity contribution in [2.45, 2.75) is 113 Å². The molecule has 4 fully saturated rings. The van der Waals surface area contributed by atoms with Crippen molar-refractivity contribution in [1.29, 1.82) is 0 Å². The number of hydrogen-bond acceptors (Lipinski definition) is 2. The third kappa shape index (κ3) is 2.82. The van der Waals surface area contributed by atoms with Gasteiger partial charge in [-0.05, 0) is 109 Å². The summed E-state index contributed by atoms with van der Waals surface area (Å²) in [4.78, 5) is 27.0. The van der Waals surface area contributed by atoms with Gasteiger partial charge in [-0.15, -0.1) is 0 Å². The van der Waals surface area contributed by atoms with E-state index in [0.29, 0.717) is 17.6 Å². The fourth-order valence-electron chi connectivity index (χ4n) is 10.6. The van der Waals surface area contributed by atoms with Crippen LogP contribution in [0.5, 0.6) is 0 Å². The lowest BCUT2D eigenvalue weighted by Gasteiger charge is -2.70. The molecule has 0 heterocycles. The summed E-state index contributed by atoms with van der Waals surface area (Å²) < 4.78 is 0. The Morgan fingerprint density at radius 3 is 2.21 bits per heavy atom. The Hall–Kier alpha value is -1.12. The lowest BCUT2D eigenvalue weighted by atomic mass is 9.33. The van der Waals surface area contributed by atoms with E-state index in [4.69, 9.17) is 0 Å². The number of carboxylic acids is 1. The molecule has 34 heavy (non-hydrogen) atoms. The van der Waals surface area contributed by atoms with Crippen LogP contribution in [0.4, 0.5) is 0 Å². The third-order valence-electron chi connectivity index (χ3n) is 13.4. The summed E-state index contributed by atoms with van der Waals surface area (Å²) in [6.45, 7) is 19.2. The van der Waals surface area contributed by atoms with Crippen molar-refractivity contribution in [2.24, 2.45) is 56.2 Å². The number of ketones is 1. The van der Waals surface area contributed by atoms with Gasteiger partial charge in [0, 0.05) is 5.92 Å². The van der Waals surface area contributed by atoms with Crippen LogP contribution in [0.3, 0.4) is 0 Å². The van der Waals surface area contributed by atoms with E-state index in [0.717, 1.165) is 44.9 Å². The highest BCUT2D eigenvalue weighted by Gasteiger charge is 2.70. The van der Waals surface area contributed by atoms with Crippen LogP contribution >= 0.6 is 0 Å². The zero-order chi connectivity index (χ0) is 25.1. The summed E-state index contributed by atoms with van der Waals surface area (Å²) in [5.74, 6) is 0.979. The third-order valence-corrected chi connectivity index (χ3v) is 13.4. The van der Waals surface area contributed by atoms with Gasteiger partial charge in [0.05, 0.1) is 5.41 Å². The maximum atomic E-state index is 14.3. The SMILES string of the molecule is C[C@H]1CC[C@]2(C)[C@H]3C(=O)C=C4[C@@H]5CC(C)(C)CC[C@]5(C(=O)O)CC[C@@]4(C)[C@]3(C)CC[C@H]2C1(C)C. The van der Waals surface area contributed by atoms with E-state index < -0.39 is 11.4 Å². The molecule has 0 saturated heterocycles. The van der Waals surface area contributed by atoms with Gasteiger partial charge in [0.2, 0.25) is 0 Å². The molecule has 3 heteroatoms. The maximum Gasteiger partial charge on any atom is 0.310 e. The normalized spacial score (nSPS) is 51.3. The Morgan fingerprint density at radius 1 is 0.912 bits per heavy atom. The van der Waals surface area contributed by atoms with E-state index in [1.54, 1.807) is 0 Å². The molecule has 0 bridgehead atoms. The Bertz CT molecular complexity index is 958. The summed E-state index contributed by atoms with van der Waals surface area (Å²) in [5.41, 5.74) is 0.732. The number of carbonyl (C=O) groups excluding carboxylic acids is 1. The molecular formula is C31H48O3. The molecule has 0 aromatic rings. The first kappa shape index (κ1) is 24.6. The Labute approximate surface area is 207 Å². The van der Waals surface area contributed by atoms with Crippen LogP contribution in [-0.2, 0) is 9.59 Å². The molecule has 0 aromatic carbocycles. The van der Waals surface area contributed by atoms with Crippen molar-refractivity contribution >= 4 is 11.8 Å². The quantitative estimate of drug-likeness (QED) is 0.429. The van der Waals surface area contributed by atoms with Crippen molar-refractivity contribution in [3.63, 3.8) is 0 Å². The van der Waals surface area contributed by atoms with Gasteiger partial charge in [0.15, 0.2) is 5.78 Å². The molecule has 5 rings (SSSR count). The summed E-state index contributed by atoms with van der Waals surface area (Å²) in [6, 6.07) is 0. The molecule has 5 aliphatic rings. The highest BCUT2D eigenvalue weighted by atomic mass is 16.4. The van der Waals surface area contributed by atoms with Crippen LogP contribution < -0.4 is 0 Å². The van der Waals surface area contributed by atoms with Gasteiger partial charge in [-0.3, -0.25) is 9.59 Å². The molecule has 0 aromatic heterocycles. The molecule has 1 N–H and O–H groups in total. The van der Waals surface area contributed by atoms with Gasteiger partial charge in [0.25, 0.3) is 0 Å². The zero-order valence-electron chi connectivity index (χ0n) is 23.0. The second-order valence-corrected chi connectivity index (χ2v) is 15.4. The predicted octanol–water partition coefficient (Wildman–Crippen LogP) is 7.69. The molecular weight excluding hydrogens is 420 g/mol. The molecule has 3 nitrogen and oxygen atoms in total. The van der Waals surface area contributed by atoms with Gasteiger partial charge in [0.1, 0.15) is 0 Å². The van der Waals surface area contributed by atoms with E-state index in [-0.39, 0.29) is 38.9 Å². The van der Waals surface area contributed by atoms with Gasteiger partial charge < -0.3 is 5.11 Å². The summed E-state index contributed by atoms with van der Waals surface area (Å²) in [7, 11) is 0. The van der Waals surface area contributed by atoms with Gasteiger partial charge in [-0.2, -0.15) is 0 Å². The highest BCUT2D eigenvalue weighted by molar-refractivity contribution is 5.96. The number of carbonyl (C=O) groups is 2. The largest absolute Gasteiger partial charge is 0.481 e. The smallest absolute Gasteiger partial charge is 0.310 e. The first-order valence-corrected chi connectivity index (χ1v) is 14.0. The predicted molar refractivity (Wildman–Crippen MR) is 136 cm³/mol. The second-order valence-electron chi connectivity index (χ2n) is 15.4. The van der Waals surface area contributed by atoms with Crippen LogP contribution in [-0.4, -0.2) is 16.9 Å². The van der Waals surface area contributed by atoms with Crippen LogP contribution in [0.2, 0.25) is 0 Å². The van der Waals surface area contributed by atoms with Crippen molar-refractivity contribution in [1.82, 2.24) is 0 Å². The fraction of sp³-hybridized carbons (Fsp3) is 0.871. The monoisotopic (exact) mass is 468 g/mol. The lowest BCUT2D eigenvalue weighted by molar-refractivity contribution is -0.196. The average Bonchev–Trinajstić information content (AvgIpc) is 2.72.